The van der Waals surface area contributed by atoms with Crippen LogP contribution in [0, 0.1) is 12.7 Å². The van der Waals surface area contributed by atoms with Crippen LogP contribution < -0.4 is 0 Å². The Morgan fingerprint density at radius 3 is 2.95 bits per heavy atom. The Kier molecular flexibility index (Phi) is 3.73. The molecule has 1 unspecified atom stereocenters. The molecular formula is C16H17FN2O2. The van der Waals surface area contributed by atoms with Gasteiger partial charge >= 0.3 is 0 Å². The SMILES string of the molecule is Cc1cc(C(=O)N2CCCCC2c2cccc(F)c2)no1. The first-order valence-electron chi connectivity index (χ1n) is 7.15. The summed E-state index contributed by atoms with van der Waals surface area (Å²) in [5.41, 5.74) is 1.15. The number of carbonyl (C=O) groups is 1. The van der Waals surface area contributed by atoms with Crippen molar-refractivity contribution < 1.29 is 13.7 Å². The molecule has 1 amide bonds. The number of aryl methyl sites for hydroxylation is 1. The van der Waals surface area contributed by atoms with Crippen molar-refractivity contribution in [3.8, 4) is 0 Å². The van der Waals surface area contributed by atoms with Gasteiger partial charge in [0.05, 0.1) is 6.04 Å². The third-order valence-electron chi connectivity index (χ3n) is 3.84. The second-order valence-corrected chi connectivity index (χ2v) is 5.39. The first-order valence-corrected chi connectivity index (χ1v) is 7.15. The summed E-state index contributed by atoms with van der Waals surface area (Å²) < 4.78 is 18.4. The average molecular weight is 288 g/mol. The van der Waals surface area contributed by atoms with Crippen LogP contribution in [-0.4, -0.2) is 22.5 Å². The summed E-state index contributed by atoms with van der Waals surface area (Å²) in [6.07, 6.45) is 2.82. The number of rotatable bonds is 2. The van der Waals surface area contributed by atoms with Crippen molar-refractivity contribution in [3.63, 3.8) is 0 Å². The van der Waals surface area contributed by atoms with E-state index in [0.717, 1.165) is 24.8 Å². The molecule has 1 fully saturated rings. The van der Waals surface area contributed by atoms with Crippen LogP contribution in [0.3, 0.4) is 0 Å². The lowest BCUT2D eigenvalue weighted by Crippen LogP contribution is -2.38. The van der Waals surface area contributed by atoms with Crippen molar-refractivity contribution in [2.45, 2.75) is 32.2 Å². The van der Waals surface area contributed by atoms with Gasteiger partial charge in [0, 0.05) is 12.6 Å². The summed E-state index contributed by atoms with van der Waals surface area (Å²) in [7, 11) is 0. The first-order chi connectivity index (χ1) is 10.1. The lowest BCUT2D eigenvalue weighted by molar-refractivity contribution is 0.0600. The zero-order valence-corrected chi connectivity index (χ0v) is 11.9. The van der Waals surface area contributed by atoms with Gasteiger partial charge in [0.1, 0.15) is 11.6 Å². The lowest BCUT2D eigenvalue weighted by atomic mass is 9.95. The normalized spacial score (nSPS) is 18.8. The van der Waals surface area contributed by atoms with E-state index in [1.165, 1.54) is 12.1 Å². The van der Waals surface area contributed by atoms with Crippen molar-refractivity contribution in [2.24, 2.45) is 0 Å². The van der Waals surface area contributed by atoms with Crippen molar-refractivity contribution >= 4 is 5.91 Å². The second kappa shape index (κ2) is 5.68. The molecule has 0 spiro atoms. The highest BCUT2D eigenvalue weighted by Crippen LogP contribution is 2.32. The smallest absolute Gasteiger partial charge is 0.276 e. The van der Waals surface area contributed by atoms with Gasteiger partial charge in [-0.05, 0) is 43.9 Å². The van der Waals surface area contributed by atoms with Gasteiger partial charge in [-0.15, -0.1) is 0 Å². The second-order valence-electron chi connectivity index (χ2n) is 5.39. The summed E-state index contributed by atoms with van der Waals surface area (Å²) in [6.45, 7) is 2.41. The molecule has 2 heterocycles. The molecule has 110 valence electrons. The number of hydrogen-bond acceptors (Lipinski definition) is 3. The zero-order chi connectivity index (χ0) is 14.8. The third-order valence-corrected chi connectivity index (χ3v) is 3.84. The van der Waals surface area contributed by atoms with E-state index in [9.17, 15) is 9.18 Å². The minimum Gasteiger partial charge on any atom is -0.361 e. The Morgan fingerprint density at radius 1 is 1.38 bits per heavy atom. The number of likely N-dealkylation sites (tertiary alicyclic amines) is 1. The van der Waals surface area contributed by atoms with E-state index >= 15 is 0 Å². The number of hydrogen-bond donors (Lipinski definition) is 0. The maximum Gasteiger partial charge on any atom is 0.276 e. The minimum absolute atomic E-state index is 0.0982. The summed E-state index contributed by atoms with van der Waals surface area (Å²) in [5.74, 6) is 0.182. The molecule has 21 heavy (non-hydrogen) atoms. The number of benzene rings is 1. The van der Waals surface area contributed by atoms with Gasteiger partial charge in [0.15, 0.2) is 5.69 Å². The van der Waals surface area contributed by atoms with Gasteiger partial charge in [-0.1, -0.05) is 17.3 Å². The van der Waals surface area contributed by atoms with Gasteiger partial charge in [-0.25, -0.2) is 4.39 Å². The lowest BCUT2D eigenvalue weighted by Gasteiger charge is -2.35. The molecule has 0 aliphatic carbocycles. The number of halogens is 1. The van der Waals surface area contributed by atoms with Crippen molar-refractivity contribution in [1.82, 2.24) is 10.1 Å². The molecule has 0 N–H and O–H groups in total. The Balaban J connectivity index is 1.89. The number of nitrogens with zero attached hydrogens (tertiary/aromatic N) is 2. The van der Waals surface area contributed by atoms with E-state index in [4.69, 9.17) is 4.52 Å². The average Bonchev–Trinajstić information content (AvgIpc) is 2.93. The maximum absolute atomic E-state index is 13.4. The first kappa shape index (κ1) is 13.8. The molecule has 2 aromatic rings. The minimum atomic E-state index is -0.275. The van der Waals surface area contributed by atoms with Crippen LogP contribution in [0.25, 0.3) is 0 Å². The van der Waals surface area contributed by atoms with Crippen LogP contribution >= 0.6 is 0 Å². The van der Waals surface area contributed by atoms with E-state index in [-0.39, 0.29) is 17.8 Å². The van der Waals surface area contributed by atoms with Crippen LogP contribution in [0.2, 0.25) is 0 Å². The van der Waals surface area contributed by atoms with Crippen LogP contribution in [0.1, 0.15) is 47.1 Å². The third kappa shape index (κ3) is 2.82. The quantitative estimate of drug-likeness (QED) is 0.849. The topological polar surface area (TPSA) is 46.3 Å². The van der Waals surface area contributed by atoms with Crippen molar-refractivity contribution in [2.75, 3.05) is 6.54 Å². The molecule has 5 heteroatoms. The molecule has 0 bridgehead atoms. The highest BCUT2D eigenvalue weighted by Gasteiger charge is 2.30. The molecule has 0 radical (unpaired) electrons. The Hall–Kier alpha value is -2.17. The fourth-order valence-electron chi connectivity index (χ4n) is 2.85. The van der Waals surface area contributed by atoms with Gasteiger partial charge in [0.25, 0.3) is 5.91 Å². The zero-order valence-electron chi connectivity index (χ0n) is 11.9. The summed E-state index contributed by atoms with van der Waals surface area (Å²) in [6, 6.07) is 8.01. The number of amides is 1. The number of piperidine rings is 1. The maximum atomic E-state index is 13.4. The van der Waals surface area contributed by atoms with Crippen LogP contribution in [0.5, 0.6) is 0 Å². The van der Waals surface area contributed by atoms with E-state index in [0.29, 0.717) is 18.0 Å². The Labute approximate surface area is 122 Å². The molecule has 1 aromatic carbocycles. The molecule has 1 aromatic heterocycles. The van der Waals surface area contributed by atoms with E-state index in [2.05, 4.69) is 5.16 Å². The van der Waals surface area contributed by atoms with Crippen molar-refractivity contribution in [1.29, 1.82) is 0 Å². The molecule has 1 aliphatic rings. The van der Waals surface area contributed by atoms with E-state index < -0.39 is 0 Å². The van der Waals surface area contributed by atoms with Gasteiger partial charge < -0.3 is 9.42 Å². The molecule has 1 atom stereocenters. The fraction of sp³-hybridized carbons (Fsp3) is 0.375. The molecular weight excluding hydrogens is 271 g/mol. The summed E-state index contributed by atoms with van der Waals surface area (Å²) in [5, 5.41) is 3.80. The standard InChI is InChI=1S/C16H17FN2O2/c1-11-9-14(18-21-11)16(20)19-8-3-2-7-15(19)12-5-4-6-13(17)10-12/h4-6,9-10,15H,2-3,7-8H2,1H3. The Bertz CT molecular complexity index is 653. The summed E-state index contributed by atoms with van der Waals surface area (Å²) in [4.78, 5) is 14.4. The molecule has 1 saturated heterocycles. The van der Waals surface area contributed by atoms with Crippen LogP contribution in [-0.2, 0) is 0 Å². The number of aromatic nitrogens is 1. The van der Waals surface area contributed by atoms with Crippen LogP contribution in [0.4, 0.5) is 4.39 Å². The molecule has 0 saturated carbocycles. The van der Waals surface area contributed by atoms with Crippen molar-refractivity contribution in [3.05, 3.63) is 53.2 Å². The highest BCUT2D eigenvalue weighted by atomic mass is 19.1. The molecule has 4 nitrogen and oxygen atoms in total. The Morgan fingerprint density at radius 2 is 2.24 bits per heavy atom. The fourth-order valence-corrected chi connectivity index (χ4v) is 2.85. The van der Waals surface area contributed by atoms with Gasteiger partial charge in [-0.2, -0.15) is 0 Å². The van der Waals surface area contributed by atoms with Crippen LogP contribution in [0.15, 0.2) is 34.9 Å². The number of carbonyl (C=O) groups excluding carboxylic acids is 1. The predicted molar refractivity (Wildman–Crippen MR) is 75.3 cm³/mol. The highest BCUT2D eigenvalue weighted by molar-refractivity contribution is 5.92. The van der Waals surface area contributed by atoms with E-state index in [1.807, 2.05) is 6.07 Å². The molecule has 1 aliphatic heterocycles. The summed E-state index contributed by atoms with van der Waals surface area (Å²) >= 11 is 0. The largest absolute Gasteiger partial charge is 0.361 e. The van der Waals surface area contributed by atoms with Gasteiger partial charge in [-0.3, -0.25) is 4.79 Å². The van der Waals surface area contributed by atoms with E-state index in [1.54, 1.807) is 24.0 Å². The predicted octanol–water partition coefficient (Wildman–Crippen LogP) is 3.49. The molecule has 3 rings (SSSR count). The monoisotopic (exact) mass is 288 g/mol. The van der Waals surface area contributed by atoms with Gasteiger partial charge in [0.2, 0.25) is 0 Å².